The van der Waals surface area contributed by atoms with E-state index in [9.17, 15) is 4.79 Å². The molecular weight excluding hydrogens is 282 g/mol. The Bertz CT molecular complexity index is 516. The molecule has 0 radical (unpaired) electrons. The Balaban J connectivity index is 1.57. The Labute approximate surface area is 140 Å². The zero-order valence-electron chi connectivity index (χ0n) is 14.1. The lowest BCUT2D eigenvalue weighted by molar-refractivity contribution is -0.135. The monoisotopic (exact) mass is 311 g/mol. The highest BCUT2D eigenvalue weighted by molar-refractivity contribution is 5.79. The third kappa shape index (κ3) is 4.70. The molecule has 1 saturated carbocycles. The SMILES string of the molecule is O=C1C(CCC2CCCCC2)CC=CCN1Cc1ccccc1. The van der Waals surface area contributed by atoms with Gasteiger partial charge in [0.05, 0.1) is 0 Å². The second kappa shape index (κ2) is 8.33. The standard InChI is InChI=1S/C21H29NO/c23-21-20(15-14-18-9-3-1-4-10-18)13-7-8-16-22(21)17-19-11-5-2-6-12-19/h2,5-8,11-12,18,20H,1,3-4,9-10,13-17H2. The summed E-state index contributed by atoms with van der Waals surface area (Å²) in [6.07, 6.45) is 14.6. The number of carbonyl (C=O) groups is 1. The summed E-state index contributed by atoms with van der Waals surface area (Å²) in [6.45, 7) is 1.50. The Kier molecular flexibility index (Phi) is 5.90. The van der Waals surface area contributed by atoms with Gasteiger partial charge in [0.25, 0.3) is 0 Å². The molecule has 1 aromatic carbocycles. The maximum atomic E-state index is 12.9. The van der Waals surface area contributed by atoms with Crippen molar-refractivity contribution >= 4 is 5.91 Å². The van der Waals surface area contributed by atoms with Gasteiger partial charge in [-0.15, -0.1) is 0 Å². The summed E-state index contributed by atoms with van der Waals surface area (Å²) >= 11 is 0. The van der Waals surface area contributed by atoms with Gasteiger partial charge in [0.15, 0.2) is 0 Å². The van der Waals surface area contributed by atoms with Crippen molar-refractivity contribution in [3.05, 3.63) is 48.0 Å². The summed E-state index contributed by atoms with van der Waals surface area (Å²) in [5.74, 6) is 1.42. The lowest BCUT2D eigenvalue weighted by Crippen LogP contribution is -2.34. The molecule has 0 bridgehead atoms. The van der Waals surface area contributed by atoms with Crippen LogP contribution in [0.25, 0.3) is 0 Å². The van der Waals surface area contributed by atoms with Gasteiger partial charge in [-0.2, -0.15) is 0 Å². The minimum atomic E-state index is 0.194. The number of hydrogen-bond donors (Lipinski definition) is 0. The van der Waals surface area contributed by atoms with E-state index in [-0.39, 0.29) is 5.92 Å². The Morgan fingerprint density at radius 2 is 1.74 bits per heavy atom. The lowest BCUT2D eigenvalue weighted by atomic mass is 9.83. The van der Waals surface area contributed by atoms with Crippen LogP contribution in [-0.2, 0) is 11.3 Å². The van der Waals surface area contributed by atoms with Gasteiger partial charge >= 0.3 is 0 Å². The molecule has 1 aromatic rings. The van der Waals surface area contributed by atoms with Gasteiger partial charge in [-0.1, -0.05) is 74.6 Å². The highest BCUT2D eigenvalue weighted by Crippen LogP contribution is 2.30. The van der Waals surface area contributed by atoms with E-state index in [0.717, 1.165) is 31.8 Å². The average Bonchev–Trinajstić information content (AvgIpc) is 2.77. The van der Waals surface area contributed by atoms with Crippen LogP contribution in [0.5, 0.6) is 0 Å². The van der Waals surface area contributed by atoms with Crippen molar-refractivity contribution in [1.29, 1.82) is 0 Å². The predicted octanol–water partition coefficient (Wildman–Crippen LogP) is 4.95. The van der Waals surface area contributed by atoms with Crippen LogP contribution in [0.15, 0.2) is 42.5 Å². The zero-order valence-corrected chi connectivity index (χ0v) is 14.1. The van der Waals surface area contributed by atoms with Crippen LogP contribution in [0, 0.1) is 11.8 Å². The number of nitrogens with zero attached hydrogens (tertiary/aromatic N) is 1. The first-order valence-corrected chi connectivity index (χ1v) is 9.30. The Morgan fingerprint density at radius 3 is 2.52 bits per heavy atom. The second-order valence-corrected chi connectivity index (χ2v) is 7.19. The molecular formula is C21H29NO. The predicted molar refractivity (Wildman–Crippen MR) is 94.9 cm³/mol. The van der Waals surface area contributed by atoms with Gasteiger partial charge in [-0.05, 0) is 30.7 Å². The summed E-state index contributed by atoms with van der Waals surface area (Å²) in [4.78, 5) is 14.9. The minimum Gasteiger partial charge on any atom is -0.334 e. The van der Waals surface area contributed by atoms with Crippen LogP contribution in [0.4, 0.5) is 0 Å². The fourth-order valence-corrected chi connectivity index (χ4v) is 4.01. The summed E-state index contributed by atoms with van der Waals surface area (Å²) in [7, 11) is 0. The number of carbonyl (C=O) groups excluding carboxylic acids is 1. The van der Waals surface area contributed by atoms with Crippen molar-refractivity contribution in [3.8, 4) is 0 Å². The van der Waals surface area contributed by atoms with E-state index in [1.54, 1.807) is 0 Å². The largest absolute Gasteiger partial charge is 0.334 e. The first kappa shape index (κ1) is 16.3. The van der Waals surface area contributed by atoms with E-state index in [0.29, 0.717) is 5.91 Å². The highest BCUT2D eigenvalue weighted by atomic mass is 16.2. The molecule has 124 valence electrons. The number of hydrogen-bond acceptors (Lipinski definition) is 1. The molecule has 2 nitrogen and oxygen atoms in total. The van der Waals surface area contributed by atoms with E-state index >= 15 is 0 Å². The van der Waals surface area contributed by atoms with Crippen molar-refractivity contribution in [1.82, 2.24) is 4.90 Å². The van der Waals surface area contributed by atoms with Gasteiger partial charge in [-0.3, -0.25) is 4.79 Å². The highest BCUT2D eigenvalue weighted by Gasteiger charge is 2.26. The summed E-state index contributed by atoms with van der Waals surface area (Å²) in [5, 5.41) is 0. The van der Waals surface area contributed by atoms with Crippen LogP contribution >= 0.6 is 0 Å². The summed E-state index contributed by atoms with van der Waals surface area (Å²) < 4.78 is 0. The fourth-order valence-electron chi connectivity index (χ4n) is 4.01. The quantitative estimate of drug-likeness (QED) is 0.704. The van der Waals surface area contributed by atoms with Crippen LogP contribution in [0.1, 0.15) is 56.9 Å². The van der Waals surface area contributed by atoms with Gasteiger partial charge < -0.3 is 4.90 Å². The summed E-state index contributed by atoms with van der Waals surface area (Å²) in [5.41, 5.74) is 1.22. The van der Waals surface area contributed by atoms with Crippen LogP contribution in [0.2, 0.25) is 0 Å². The normalized spacial score (nSPS) is 23.0. The van der Waals surface area contributed by atoms with Crippen molar-refractivity contribution in [2.45, 2.75) is 57.9 Å². The van der Waals surface area contributed by atoms with E-state index in [1.165, 1.54) is 44.1 Å². The Morgan fingerprint density at radius 1 is 0.957 bits per heavy atom. The second-order valence-electron chi connectivity index (χ2n) is 7.19. The first-order valence-electron chi connectivity index (χ1n) is 9.30. The fraction of sp³-hybridized carbons (Fsp3) is 0.571. The molecule has 1 heterocycles. The van der Waals surface area contributed by atoms with Crippen LogP contribution < -0.4 is 0 Å². The van der Waals surface area contributed by atoms with Gasteiger partial charge in [-0.25, -0.2) is 0 Å². The van der Waals surface area contributed by atoms with Crippen molar-refractivity contribution in [2.24, 2.45) is 11.8 Å². The smallest absolute Gasteiger partial charge is 0.226 e. The first-order chi connectivity index (χ1) is 11.3. The average molecular weight is 311 g/mol. The van der Waals surface area contributed by atoms with Crippen molar-refractivity contribution in [2.75, 3.05) is 6.54 Å². The zero-order chi connectivity index (χ0) is 15.9. The van der Waals surface area contributed by atoms with Gasteiger partial charge in [0, 0.05) is 19.0 Å². The molecule has 2 aliphatic rings. The molecule has 0 spiro atoms. The number of allylic oxidation sites excluding steroid dienone is 1. The molecule has 1 aliphatic heterocycles. The molecule has 1 atom stereocenters. The molecule has 1 fully saturated rings. The lowest BCUT2D eigenvalue weighted by Gasteiger charge is -2.27. The van der Waals surface area contributed by atoms with Crippen molar-refractivity contribution < 1.29 is 4.79 Å². The number of amides is 1. The Hall–Kier alpha value is -1.57. The molecule has 0 saturated heterocycles. The van der Waals surface area contributed by atoms with Crippen molar-refractivity contribution in [3.63, 3.8) is 0 Å². The number of benzene rings is 1. The molecule has 2 heteroatoms. The molecule has 1 aliphatic carbocycles. The maximum Gasteiger partial charge on any atom is 0.226 e. The minimum absolute atomic E-state index is 0.194. The molecule has 3 rings (SSSR count). The van der Waals surface area contributed by atoms with Gasteiger partial charge in [0.2, 0.25) is 5.91 Å². The summed E-state index contributed by atoms with van der Waals surface area (Å²) in [6, 6.07) is 10.3. The van der Waals surface area contributed by atoms with E-state index in [1.807, 2.05) is 23.1 Å². The molecule has 0 N–H and O–H groups in total. The molecule has 1 unspecified atom stereocenters. The topological polar surface area (TPSA) is 20.3 Å². The molecule has 1 amide bonds. The maximum absolute atomic E-state index is 12.9. The third-order valence-corrected chi connectivity index (χ3v) is 5.44. The van der Waals surface area contributed by atoms with Gasteiger partial charge in [0.1, 0.15) is 0 Å². The van der Waals surface area contributed by atoms with Crippen LogP contribution in [0.3, 0.4) is 0 Å². The third-order valence-electron chi connectivity index (χ3n) is 5.44. The molecule has 0 aromatic heterocycles. The van der Waals surface area contributed by atoms with E-state index < -0.39 is 0 Å². The van der Waals surface area contributed by atoms with Crippen LogP contribution in [-0.4, -0.2) is 17.4 Å². The molecule has 23 heavy (non-hydrogen) atoms. The number of rotatable bonds is 5. The van der Waals surface area contributed by atoms with E-state index in [2.05, 4.69) is 24.3 Å². The van der Waals surface area contributed by atoms with E-state index in [4.69, 9.17) is 0 Å².